The minimum Gasteiger partial charge on any atom is -0.502 e. The van der Waals surface area contributed by atoms with Crippen LogP contribution in [0.3, 0.4) is 0 Å². The van der Waals surface area contributed by atoms with Crippen molar-refractivity contribution in [3.05, 3.63) is 46.2 Å². The molecule has 0 bridgehead atoms. The molecule has 9 heteroatoms. The maximum atomic E-state index is 11.6. The number of H-pyrrole nitrogens is 2. The van der Waals surface area contributed by atoms with Gasteiger partial charge in [-0.2, -0.15) is 0 Å². The summed E-state index contributed by atoms with van der Waals surface area (Å²) in [6, 6.07) is 7.90. The van der Waals surface area contributed by atoms with E-state index in [4.69, 9.17) is 5.11 Å². The molecule has 0 aliphatic heterocycles. The van der Waals surface area contributed by atoms with Crippen LogP contribution >= 0.6 is 0 Å². The molecule has 0 atom stereocenters. The summed E-state index contributed by atoms with van der Waals surface area (Å²) < 4.78 is 0. The van der Waals surface area contributed by atoms with Gasteiger partial charge in [-0.15, -0.1) is 5.10 Å². The summed E-state index contributed by atoms with van der Waals surface area (Å²) in [4.78, 5) is 25.2. The van der Waals surface area contributed by atoms with Crippen molar-refractivity contribution < 1.29 is 15.0 Å². The number of nitrogens with zero attached hydrogens (tertiary/aromatic N) is 3. The van der Waals surface area contributed by atoms with Crippen molar-refractivity contribution >= 4 is 5.97 Å². The highest BCUT2D eigenvalue weighted by Gasteiger charge is 2.15. The van der Waals surface area contributed by atoms with Crippen molar-refractivity contribution in [1.82, 2.24) is 25.6 Å². The molecule has 110 valence electrons. The molecular weight excluding hydrogens is 290 g/mol. The van der Waals surface area contributed by atoms with Crippen LogP contribution in [0.5, 0.6) is 5.75 Å². The topological polar surface area (TPSA) is 145 Å². The fraction of sp³-hybridized carbons (Fsp3) is 0. The summed E-state index contributed by atoms with van der Waals surface area (Å²) in [5, 5.41) is 31.8. The first-order valence-corrected chi connectivity index (χ1v) is 6.10. The van der Waals surface area contributed by atoms with Gasteiger partial charge in [-0.05, 0) is 16.0 Å². The molecule has 0 saturated heterocycles. The number of hydrogen-bond acceptors (Lipinski definition) is 6. The largest absolute Gasteiger partial charge is 0.502 e. The predicted molar refractivity (Wildman–Crippen MR) is 74.3 cm³/mol. The number of benzene rings is 1. The van der Waals surface area contributed by atoms with E-state index in [1.165, 1.54) is 0 Å². The van der Waals surface area contributed by atoms with Crippen LogP contribution in [0.15, 0.2) is 35.1 Å². The number of hydrogen-bond donors (Lipinski definition) is 4. The van der Waals surface area contributed by atoms with E-state index in [1.807, 2.05) is 0 Å². The lowest BCUT2D eigenvalue weighted by Gasteiger charge is -2.06. The molecular formula is C13H9N5O4. The number of carbonyl (C=O) groups is 1. The van der Waals surface area contributed by atoms with Gasteiger partial charge in [0, 0.05) is 11.6 Å². The van der Waals surface area contributed by atoms with Gasteiger partial charge in [0.1, 0.15) is 0 Å². The van der Waals surface area contributed by atoms with E-state index in [0.717, 1.165) is 11.6 Å². The molecule has 22 heavy (non-hydrogen) atoms. The molecule has 4 N–H and O–H groups in total. The van der Waals surface area contributed by atoms with Gasteiger partial charge < -0.3 is 15.2 Å². The zero-order valence-electron chi connectivity index (χ0n) is 10.9. The van der Waals surface area contributed by atoms with Crippen LogP contribution in [0, 0.1) is 0 Å². The third kappa shape index (κ3) is 2.30. The Kier molecular flexibility index (Phi) is 3.14. The molecule has 0 spiro atoms. The number of pyridine rings is 1. The van der Waals surface area contributed by atoms with Crippen LogP contribution in [-0.2, 0) is 0 Å². The molecule has 3 rings (SSSR count). The Morgan fingerprint density at radius 2 is 1.82 bits per heavy atom. The Morgan fingerprint density at radius 1 is 1.14 bits per heavy atom. The van der Waals surface area contributed by atoms with Crippen molar-refractivity contribution in [1.29, 1.82) is 0 Å². The van der Waals surface area contributed by atoms with E-state index in [0.29, 0.717) is 11.4 Å². The van der Waals surface area contributed by atoms with E-state index in [2.05, 4.69) is 25.6 Å². The van der Waals surface area contributed by atoms with E-state index in [-0.39, 0.29) is 5.69 Å². The number of rotatable bonds is 3. The zero-order chi connectivity index (χ0) is 15.7. The number of nitrogens with one attached hydrogen (secondary N) is 2. The van der Waals surface area contributed by atoms with Crippen molar-refractivity contribution in [3.63, 3.8) is 0 Å². The number of aromatic carboxylic acids is 1. The zero-order valence-corrected chi connectivity index (χ0v) is 10.9. The summed E-state index contributed by atoms with van der Waals surface area (Å²) in [5.41, 5.74) is 0.271. The molecule has 1 aromatic carbocycles. The normalized spacial score (nSPS) is 10.5. The minimum absolute atomic E-state index is 0.280. The number of carboxylic acid groups (broad SMARTS) is 1. The Balaban J connectivity index is 2.05. The lowest BCUT2D eigenvalue weighted by Crippen LogP contribution is -2.10. The van der Waals surface area contributed by atoms with Gasteiger partial charge in [-0.1, -0.05) is 24.3 Å². The first-order chi connectivity index (χ1) is 10.6. The second kappa shape index (κ2) is 5.13. The Morgan fingerprint density at radius 3 is 2.41 bits per heavy atom. The maximum absolute atomic E-state index is 11.6. The Labute approximate surface area is 122 Å². The number of aromatic nitrogens is 5. The van der Waals surface area contributed by atoms with Crippen LogP contribution in [0.1, 0.15) is 10.5 Å². The second-order valence-electron chi connectivity index (χ2n) is 4.40. The SMILES string of the molecule is O=C(O)c1[nH]c(-c2ccc(-c3nnn[nH]3)cc2)cc(=O)c1O. The highest BCUT2D eigenvalue weighted by Crippen LogP contribution is 2.22. The molecule has 0 aliphatic carbocycles. The molecule has 2 aromatic heterocycles. The predicted octanol–water partition coefficient (Wildman–Crippen LogP) is 0.626. The van der Waals surface area contributed by atoms with Crippen molar-refractivity contribution in [2.45, 2.75) is 0 Å². The lowest BCUT2D eigenvalue weighted by molar-refractivity contribution is 0.0687. The number of aromatic hydroxyl groups is 1. The summed E-state index contributed by atoms with van der Waals surface area (Å²) >= 11 is 0. The average Bonchev–Trinajstić information content (AvgIpc) is 3.04. The molecule has 0 fully saturated rings. The molecule has 0 radical (unpaired) electrons. The minimum atomic E-state index is -1.42. The van der Waals surface area contributed by atoms with Gasteiger partial charge in [0.15, 0.2) is 17.3 Å². The monoisotopic (exact) mass is 299 g/mol. The number of carboxylic acids is 1. The first kappa shape index (κ1) is 13.5. The van der Waals surface area contributed by atoms with E-state index >= 15 is 0 Å². The number of aromatic amines is 2. The van der Waals surface area contributed by atoms with Crippen LogP contribution in [0.4, 0.5) is 0 Å². The lowest BCUT2D eigenvalue weighted by atomic mass is 10.1. The van der Waals surface area contributed by atoms with E-state index in [1.54, 1.807) is 24.3 Å². The van der Waals surface area contributed by atoms with Crippen molar-refractivity contribution in [3.8, 4) is 28.4 Å². The van der Waals surface area contributed by atoms with Crippen molar-refractivity contribution in [2.24, 2.45) is 0 Å². The summed E-state index contributed by atoms with van der Waals surface area (Å²) in [5.74, 6) is -1.75. The second-order valence-corrected chi connectivity index (χ2v) is 4.40. The van der Waals surface area contributed by atoms with Gasteiger partial charge in [-0.25, -0.2) is 9.89 Å². The standard InChI is InChI=1S/C13H9N5O4/c19-9-5-8(14-10(11(9)20)13(21)22)6-1-3-7(4-2-6)12-15-17-18-16-12/h1-5,20H,(H,14,19)(H,21,22)(H,15,16,17,18). The van der Waals surface area contributed by atoms with Crippen LogP contribution in [-0.4, -0.2) is 41.8 Å². The summed E-state index contributed by atoms with van der Waals surface area (Å²) in [7, 11) is 0. The summed E-state index contributed by atoms with van der Waals surface area (Å²) in [6.45, 7) is 0. The fourth-order valence-corrected chi connectivity index (χ4v) is 1.95. The Hall–Kier alpha value is -3.49. The van der Waals surface area contributed by atoms with Gasteiger partial charge in [0.25, 0.3) is 0 Å². The molecule has 0 unspecified atom stereocenters. The summed E-state index contributed by atoms with van der Waals surface area (Å²) in [6.07, 6.45) is 0. The Bertz CT molecular complexity index is 884. The van der Waals surface area contributed by atoms with Crippen LogP contribution in [0.2, 0.25) is 0 Å². The van der Waals surface area contributed by atoms with Crippen molar-refractivity contribution in [2.75, 3.05) is 0 Å². The van der Waals surface area contributed by atoms with Gasteiger partial charge in [-0.3, -0.25) is 4.79 Å². The van der Waals surface area contributed by atoms with Gasteiger partial charge in [0.05, 0.1) is 5.69 Å². The molecule has 0 amide bonds. The maximum Gasteiger partial charge on any atom is 0.356 e. The highest BCUT2D eigenvalue weighted by molar-refractivity contribution is 5.89. The molecule has 9 nitrogen and oxygen atoms in total. The van der Waals surface area contributed by atoms with Gasteiger partial charge in [0.2, 0.25) is 5.43 Å². The third-order valence-electron chi connectivity index (χ3n) is 3.03. The van der Waals surface area contributed by atoms with E-state index in [9.17, 15) is 14.7 Å². The first-order valence-electron chi connectivity index (χ1n) is 6.10. The molecule has 2 heterocycles. The quantitative estimate of drug-likeness (QED) is 0.554. The number of tetrazole rings is 1. The van der Waals surface area contributed by atoms with Gasteiger partial charge >= 0.3 is 5.97 Å². The molecule has 0 saturated carbocycles. The smallest absolute Gasteiger partial charge is 0.356 e. The average molecular weight is 299 g/mol. The third-order valence-corrected chi connectivity index (χ3v) is 3.03. The van der Waals surface area contributed by atoms with E-state index < -0.39 is 22.8 Å². The molecule has 0 aliphatic rings. The fourth-order valence-electron chi connectivity index (χ4n) is 1.95. The van der Waals surface area contributed by atoms with Crippen LogP contribution < -0.4 is 5.43 Å². The molecule has 3 aromatic rings. The van der Waals surface area contributed by atoms with Crippen LogP contribution in [0.25, 0.3) is 22.6 Å². The highest BCUT2D eigenvalue weighted by atomic mass is 16.4.